The molecule has 0 bridgehead atoms. The third-order valence-corrected chi connectivity index (χ3v) is 11.7. The Morgan fingerprint density at radius 1 is 1.02 bits per heavy atom. The first kappa shape index (κ1) is 37.7. The highest BCUT2D eigenvalue weighted by Gasteiger charge is 2.41. The number of pyridine rings is 1. The number of nitrogens with two attached hydrogens (primary N) is 1. The zero-order valence-corrected chi connectivity index (χ0v) is 30.1. The average Bonchev–Trinajstić information content (AvgIpc) is 3.54. The highest BCUT2D eigenvalue weighted by atomic mass is 32.2. The number of hydrogen-bond acceptors (Lipinski definition) is 8. The lowest BCUT2D eigenvalue weighted by atomic mass is 9.95. The molecule has 4 unspecified atom stereocenters. The second-order valence-corrected chi connectivity index (χ2v) is 15.2. The van der Waals surface area contributed by atoms with Gasteiger partial charge in [-0.3, -0.25) is 14.1 Å². The van der Waals surface area contributed by atoms with Crippen molar-refractivity contribution >= 4 is 33.6 Å². The number of sulfonamides is 1. The van der Waals surface area contributed by atoms with Crippen molar-refractivity contribution in [2.75, 3.05) is 24.0 Å². The summed E-state index contributed by atoms with van der Waals surface area (Å²) in [6, 6.07) is 14.0. The standard InChI is InChI=1S/C37H48N6O7S/c1-24-18-25(2)35(26(3)19-24)51(48,49)43(28-14-8-5-9-15-28)32(36(45)46)21-40-33(44)23-50-29-20-31(34(38)30-16-10-11-17-39-30)42(22-29)37(47)41-27-12-6-4-7-13-27/h5,8-11,14-19,27,29,31-32,34H,4,6-7,12-13,20-23,38H2,1-3H3,(H,40,44)(H,41,47)(H,45,46). The number of ether oxygens (including phenoxy) is 1. The number of aryl methyl sites for hydroxylation is 3. The van der Waals surface area contributed by atoms with E-state index in [0.717, 1.165) is 42.0 Å². The maximum Gasteiger partial charge on any atom is 0.329 e. The minimum absolute atomic E-state index is 0.00893. The summed E-state index contributed by atoms with van der Waals surface area (Å²) in [5.41, 5.74) is 9.25. The number of para-hydroxylation sites is 1. The number of anilines is 1. The van der Waals surface area contributed by atoms with Crippen molar-refractivity contribution in [2.45, 2.75) is 94.5 Å². The van der Waals surface area contributed by atoms with Crippen molar-refractivity contribution in [2.24, 2.45) is 5.73 Å². The van der Waals surface area contributed by atoms with Crippen LogP contribution in [0.5, 0.6) is 0 Å². The monoisotopic (exact) mass is 720 g/mol. The van der Waals surface area contributed by atoms with Gasteiger partial charge in [-0.1, -0.05) is 61.2 Å². The van der Waals surface area contributed by atoms with E-state index in [4.69, 9.17) is 10.5 Å². The van der Waals surface area contributed by atoms with Crippen molar-refractivity contribution in [1.82, 2.24) is 20.5 Å². The number of aromatic nitrogens is 1. The van der Waals surface area contributed by atoms with Crippen molar-refractivity contribution < 1.29 is 32.6 Å². The Morgan fingerprint density at radius 3 is 2.31 bits per heavy atom. The third-order valence-electron chi connectivity index (χ3n) is 9.59. The topological polar surface area (TPSA) is 184 Å². The van der Waals surface area contributed by atoms with Crippen LogP contribution in [-0.4, -0.2) is 85.2 Å². The predicted octanol–water partition coefficient (Wildman–Crippen LogP) is 3.97. The maximum atomic E-state index is 14.2. The van der Waals surface area contributed by atoms with Gasteiger partial charge in [0.2, 0.25) is 5.91 Å². The fourth-order valence-corrected chi connectivity index (χ4v) is 9.28. The molecule has 1 aliphatic heterocycles. The number of rotatable bonds is 13. The predicted molar refractivity (Wildman–Crippen MR) is 193 cm³/mol. The Balaban J connectivity index is 1.28. The molecule has 3 aromatic rings. The second-order valence-electron chi connectivity index (χ2n) is 13.5. The Hall–Kier alpha value is -4.53. The molecule has 2 heterocycles. The lowest BCUT2D eigenvalue weighted by Gasteiger charge is -2.31. The molecule has 4 atom stereocenters. The van der Waals surface area contributed by atoms with E-state index < -0.39 is 59.3 Å². The lowest BCUT2D eigenvalue weighted by Crippen LogP contribution is -2.52. The van der Waals surface area contributed by atoms with Gasteiger partial charge in [0.25, 0.3) is 10.0 Å². The number of aliphatic carboxylic acids is 1. The van der Waals surface area contributed by atoms with E-state index in [1.165, 1.54) is 12.1 Å². The van der Waals surface area contributed by atoms with Gasteiger partial charge in [0.1, 0.15) is 6.61 Å². The summed E-state index contributed by atoms with van der Waals surface area (Å²) in [4.78, 5) is 45.4. The van der Waals surface area contributed by atoms with E-state index in [1.54, 1.807) is 61.3 Å². The summed E-state index contributed by atoms with van der Waals surface area (Å²) < 4.78 is 35.3. The number of urea groups is 1. The number of nitrogens with one attached hydrogen (secondary N) is 2. The van der Waals surface area contributed by atoms with Gasteiger partial charge in [-0.15, -0.1) is 0 Å². The summed E-state index contributed by atoms with van der Waals surface area (Å²) in [6.07, 6.45) is 6.58. The van der Waals surface area contributed by atoms with E-state index in [1.807, 2.05) is 19.1 Å². The second kappa shape index (κ2) is 16.7. The summed E-state index contributed by atoms with van der Waals surface area (Å²) in [5, 5.41) is 16.1. The van der Waals surface area contributed by atoms with Crippen molar-refractivity contribution in [3.63, 3.8) is 0 Å². The number of amides is 3. The minimum Gasteiger partial charge on any atom is -0.480 e. The molecule has 2 aromatic carbocycles. The average molecular weight is 721 g/mol. The largest absolute Gasteiger partial charge is 0.480 e. The summed E-state index contributed by atoms with van der Waals surface area (Å²) in [7, 11) is -4.40. The Kier molecular flexibility index (Phi) is 12.3. The fraction of sp³-hybridized carbons (Fsp3) is 0.459. The summed E-state index contributed by atoms with van der Waals surface area (Å²) in [5.74, 6) is -2.07. The van der Waals surface area contributed by atoms with Crippen LogP contribution < -0.4 is 20.7 Å². The smallest absolute Gasteiger partial charge is 0.329 e. The number of carboxylic acids is 1. The van der Waals surface area contributed by atoms with Gasteiger partial charge in [0.05, 0.1) is 34.5 Å². The van der Waals surface area contributed by atoms with Crippen molar-refractivity contribution in [1.29, 1.82) is 0 Å². The number of carbonyl (C=O) groups is 3. The van der Waals surface area contributed by atoms with Crippen LogP contribution in [0.3, 0.4) is 0 Å². The summed E-state index contributed by atoms with van der Waals surface area (Å²) >= 11 is 0. The highest BCUT2D eigenvalue weighted by molar-refractivity contribution is 7.93. The maximum absolute atomic E-state index is 14.2. The molecule has 1 saturated heterocycles. The van der Waals surface area contributed by atoms with Gasteiger partial charge in [0, 0.05) is 25.3 Å². The number of nitrogens with zero attached hydrogens (tertiary/aromatic N) is 3. The van der Waals surface area contributed by atoms with Gasteiger partial charge < -0.3 is 31.1 Å². The van der Waals surface area contributed by atoms with Crippen LogP contribution in [0.1, 0.15) is 67.0 Å². The van der Waals surface area contributed by atoms with Gasteiger partial charge in [-0.05, 0) is 75.4 Å². The molecule has 5 rings (SSSR count). The van der Waals surface area contributed by atoms with Crippen LogP contribution in [0.2, 0.25) is 0 Å². The van der Waals surface area contributed by atoms with Crippen LogP contribution in [0.15, 0.2) is 71.8 Å². The quantitative estimate of drug-likeness (QED) is 0.203. The van der Waals surface area contributed by atoms with Crippen LogP contribution in [0.25, 0.3) is 0 Å². The van der Waals surface area contributed by atoms with Crippen molar-refractivity contribution in [3.8, 4) is 0 Å². The minimum atomic E-state index is -4.40. The zero-order valence-electron chi connectivity index (χ0n) is 29.3. The number of carbonyl (C=O) groups excluding carboxylic acids is 2. The first-order valence-corrected chi connectivity index (χ1v) is 18.8. The molecule has 0 spiro atoms. The van der Waals surface area contributed by atoms with Gasteiger partial charge >= 0.3 is 12.0 Å². The van der Waals surface area contributed by atoms with Gasteiger partial charge in [-0.2, -0.15) is 0 Å². The first-order valence-electron chi connectivity index (χ1n) is 17.4. The molecule has 2 fully saturated rings. The fourth-order valence-electron chi connectivity index (χ4n) is 7.25. The van der Waals surface area contributed by atoms with E-state index in [0.29, 0.717) is 23.2 Å². The number of benzene rings is 2. The zero-order chi connectivity index (χ0) is 36.7. The van der Waals surface area contributed by atoms with Crippen LogP contribution in [0.4, 0.5) is 10.5 Å². The molecule has 1 saturated carbocycles. The molecular formula is C37H48N6O7S. The molecule has 3 amide bonds. The van der Waals surface area contributed by atoms with Crippen LogP contribution >= 0.6 is 0 Å². The molecule has 0 radical (unpaired) electrons. The van der Waals surface area contributed by atoms with Gasteiger partial charge in [0.15, 0.2) is 6.04 Å². The third kappa shape index (κ3) is 9.04. The summed E-state index contributed by atoms with van der Waals surface area (Å²) in [6.45, 7) is 4.43. The normalized spacial score (nSPS) is 19.3. The van der Waals surface area contributed by atoms with E-state index in [2.05, 4.69) is 15.6 Å². The molecule has 2 aliphatic rings. The van der Waals surface area contributed by atoms with Crippen molar-refractivity contribution in [3.05, 3.63) is 89.2 Å². The number of likely N-dealkylation sites (tertiary alicyclic amines) is 1. The molecule has 51 heavy (non-hydrogen) atoms. The Bertz CT molecular complexity index is 1760. The molecule has 274 valence electrons. The Morgan fingerprint density at radius 2 is 1.69 bits per heavy atom. The van der Waals surface area contributed by atoms with E-state index in [9.17, 15) is 27.9 Å². The van der Waals surface area contributed by atoms with Crippen LogP contribution in [-0.2, 0) is 24.3 Å². The lowest BCUT2D eigenvalue weighted by molar-refractivity contribution is -0.138. The SMILES string of the molecule is Cc1cc(C)c(S(=O)(=O)N(c2ccccc2)C(CNC(=O)COC2CC(C(N)c3ccccn3)N(C(=O)NC3CCCCC3)C2)C(=O)O)c(C)c1. The van der Waals surface area contributed by atoms with E-state index >= 15 is 0 Å². The first-order chi connectivity index (χ1) is 24.4. The number of carboxylic acid groups (broad SMARTS) is 1. The molecule has 1 aromatic heterocycles. The Labute approximate surface area is 299 Å². The highest BCUT2D eigenvalue weighted by Crippen LogP contribution is 2.32. The molecular weight excluding hydrogens is 673 g/mol. The van der Waals surface area contributed by atoms with E-state index in [-0.39, 0.29) is 29.2 Å². The molecule has 13 nitrogen and oxygen atoms in total. The molecule has 14 heteroatoms. The van der Waals surface area contributed by atoms with Gasteiger partial charge in [-0.25, -0.2) is 18.0 Å². The molecule has 1 aliphatic carbocycles. The number of hydrogen-bond donors (Lipinski definition) is 4. The van der Waals surface area contributed by atoms with Crippen LogP contribution in [0, 0.1) is 20.8 Å². The molecule has 5 N–H and O–H groups in total.